The predicted molar refractivity (Wildman–Crippen MR) is 34.5 cm³/mol. The first-order valence-corrected chi connectivity index (χ1v) is 3.68. The van der Waals surface area contributed by atoms with E-state index in [2.05, 4.69) is 4.31 Å². The molecule has 0 spiro atoms. The first-order valence-electron chi connectivity index (χ1n) is 2.30. The van der Waals surface area contributed by atoms with Crippen LogP contribution in [0.3, 0.4) is 0 Å². The third-order valence-electron chi connectivity index (χ3n) is 1.05. The quantitative estimate of drug-likeness (QED) is 0.283. The summed E-state index contributed by atoms with van der Waals surface area (Å²) in [5.41, 5.74) is 0.282. The lowest BCUT2D eigenvalue weighted by atomic mass is 10.5. The highest BCUT2D eigenvalue weighted by atomic mass is 35.5. The van der Waals surface area contributed by atoms with Gasteiger partial charge in [-0.25, -0.2) is 4.31 Å². The normalized spacial score (nSPS) is 34.3. The SMILES string of the molecule is CN1SCCC1Cl. The van der Waals surface area contributed by atoms with E-state index in [9.17, 15) is 0 Å². The predicted octanol–water partition coefficient (Wildman–Crippen LogP) is 1.54. The Balaban J connectivity index is 2.33. The van der Waals surface area contributed by atoms with Gasteiger partial charge in [0.1, 0.15) is 0 Å². The van der Waals surface area contributed by atoms with Crippen molar-refractivity contribution in [2.75, 3.05) is 12.8 Å². The second-order valence-corrected chi connectivity index (χ2v) is 3.35. The van der Waals surface area contributed by atoms with E-state index < -0.39 is 0 Å². The van der Waals surface area contributed by atoms with Crippen molar-refractivity contribution in [3.05, 3.63) is 0 Å². The molecule has 1 unspecified atom stereocenters. The molecule has 0 saturated carbocycles. The van der Waals surface area contributed by atoms with Crippen LogP contribution in [0.1, 0.15) is 6.42 Å². The Bertz CT molecular complexity index is 60.7. The Kier molecular flexibility index (Phi) is 1.84. The molecule has 0 amide bonds. The van der Waals surface area contributed by atoms with Crippen LogP contribution in [0, 0.1) is 0 Å². The molecular weight excluding hydrogens is 130 g/mol. The van der Waals surface area contributed by atoms with Crippen LogP contribution in [0.2, 0.25) is 0 Å². The average Bonchev–Trinajstić information content (AvgIpc) is 1.91. The molecule has 1 nitrogen and oxygen atoms in total. The minimum Gasteiger partial charge on any atom is -0.236 e. The van der Waals surface area contributed by atoms with E-state index in [0.29, 0.717) is 0 Å². The molecule has 1 rings (SSSR count). The van der Waals surface area contributed by atoms with Crippen molar-refractivity contribution >= 4 is 23.5 Å². The van der Waals surface area contributed by atoms with Crippen LogP contribution < -0.4 is 0 Å². The summed E-state index contributed by atoms with van der Waals surface area (Å²) in [6.45, 7) is 0. The van der Waals surface area contributed by atoms with E-state index in [1.54, 1.807) is 11.9 Å². The molecule has 1 aliphatic heterocycles. The number of rotatable bonds is 0. The zero-order chi connectivity index (χ0) is 5.28. The monoisotopic (exact) mass is 137 g/mol. The van der Waals surface area contributed by atoms with Crippen molar-refractivity contribution in [3.8, 4) is 0 Å². The van der Waals surface area contributed by atoms with Crippen molar-refractivity contribution in [2.45, 2.75) is 11.9 Å². The zero-order valence-corrected chi connectivity index (χ0v) is 5.80. The lowest BCUT2D eigenvalue weighted by Gasteiger charge is -2.07. The minimum absolute atomic E-state index is 0.282. The van der Waals surface area contributed by atoms with E-state index in [1.165, 1.54) is 5.75 Å². The van der Waals surface area contributed by atoms with Gasteiger partial charge in [-0.3, -0.25) is 0 Å². The minimum atomic E-state index is 0.282. The van der Waals surface area contributed by atoms with Gasteiger partial charge in [-0.05, 0) is 13.5 Å². The van der Waals surface area contributed by atoms with Gasteiger partial charge in [-0.1, -0.05) is 11.9 Å². The summed E-state index contributed by atoms with van der Waals surface area (Å²) in [6.07, 6.45) is 1.13. The van der Waals surface area contributed by atoms with Crippen LogP contribution in [0.5, 0.6) is 0 Å². The van der Waals surface area contributed by atoms with Crippen LogP contribution in [-0.2, 0) is 0 Å². The molecule has 0 radical (unpaired) electrons. The lowest BCUT2D eigenvalue weighted by molar-refractivity contribution is 0.544. The summed E-state index contributed by atoms with van der Waals surface area (Å²) in [5, 5.41) is 0. The molecule has 0 bridgehead atoms. The topological polar surface area (TPSA) is 3.24 Å². The highest BCUT2D eigenvalue weighted by molar-refractivity contribution is 7.97. The summed E-state index contributed by atoms with van der Waals surface area (Å²) in [7, 11) is 2.02. The van der Waals surface area contributed by atoms with Gasteiger partial charge in [0.25, 0.3) is 0 Å². The third kappa shape index (κ3) is 1.24. The number of hydrogen-bond donors (Lipinski definition) is 0. The summed E-state index contributed by atoms with van der Waals surface area (Å²) < 4.78 is 2.08. The van der Waals surface area contributed by atoms with Gasteiger partial charge >= 0.3 is 0 Å². The fraction of sp³-hybridized carbons (Fsp3) is 1.00. The maximum absolute atomic E-state index is 5.77. The van der Waals surface area contributed by atoms with Gasteiger partial charge in [0.05, 0.1) is 5.50 Å². The molecule has 0 N–H and O–H groups in total. The molecule has 1 atom stereocenters. The smallest absolute Gasteiger partial charge is 0.0948 e. The molecule has 0 aromatic carbocycles. The number of halogens is 1. The van der Waals surface area contributed by atoms with Gasteiger partial charge in [0.15, 0.2) is 0 Å². The van der Waals surface area contributed by atoms with E-state index in [-0.39, 0.29) is 5.50 Å². The van der Waals surface area contributed by atoms with Crippen LogP contribution in [-0.4, -0.2) is 22.6 Å². The molecule has 7 heavy (non-hydrogen) atoms. The fourth-order valence-corrected chi connectivity index (χ4v) is 1.85. The second-order valence-electron chi connectivity index (χ2n) is 1.60. The Morgan fingerprint density at radius 2 is 2.57 bits per heavy atom. The molecule has 1 fully saturated rings. The summed E-state index contributed by atoms with van der Waals surface area (Å²) in [5.74, 6) is 1.19. The van der Waals surface area contributed by atoms with E-state index in [1.807, 2.05) is 7.05 Å². The van der Waals surface area contributed by atoms with Gasteiger partial charge in [0.2, 0.25) is 0 Å². The van der Waals surface area contributed by atoms with Gasteiger partial charge in [0, 0.05) is 5.75 Å². The van der Waals surface area contributed by atoms with Gasteiger partial charge < -0.3 is 0 Å². The lowest BCUT2D eigenvalue weighted by Crippen LogP contribution is -2.11. The maximum atomic E-state index is 5.77. The Labute approximate surface area is 53.1 Å². The first kappa shape index (κ1) is 5.73. The first-order chi connectivity index (χ1) is 3.30. The molecular formula is C4H8ClNS. The highest BCUT2D eigenvalue weighted by Crippen LogP contribution is 2.26. The molecule has 1 heterocycles. The maximum Gasteiger partial charge on any atom is 0.0948 e. The van der Waals surface area contributed by atoms with Crippen molar-refractivity contribution in [2.24, 2.45) is 0 Å². The average molecular weight is 138 g/mol. The Hall–Kier alpha value is 0.600. The molecule has 1 saturated heterocycles. The third-order valence-corrected chi connectivity index (χ3v) is 2.75. The Morgan fingerprint density at radius 3 is 2.71 bits per heavy atom. The fourth-order valence-electron chi connectivity index (χ4n) is 0.557. The van der Waals surface area contributed by atoms with Crippen LogP contribution in [0.4, 0.5) is 0 Å². The van der Waals surface area contributed by atoms with Crippen LogP contribution in [0.25, 0.3) is 0 Å². The summed E-state index contributed by atoms with van der Waals surface area (Å²) >= 11 is 7.57. The molecule has 3 heteroatoms. The molecule has 0 aromatic rings. The second kappa shape index (κ2) is 2.25. The van der Waals surface area contributed by atoms with E-state index >= 15 is 0 Å². The van der Waals surface area contributed by atoms with Gasteiger partial charge in [-0.15, -0.1) is 11.6 Å². The van der Waals surface area contributed by atoms with Crippen molar-refractivity contribution in [1.29, 1.82) is 0 Å². The Morgan fingerprint density at radius 1 is 1.86 bits per heavy atom. The summed E-state index contributed by atoms with van der Waals surface area (Å²) in [4.78, 5) is 0. The molecule has 0 aliphatic carbocycles. The van der Waals surface area contributed by atoms with Crippen molar-refractivity contribution in [3.63, 3.8) is 0 Å². The molecule has 1 aliphatic rings. The molecule has 0 aromatic heterocycles. The number of hydrogen-bond acceptors (Lipinski definition) is 2. The van der Waals surface area contributed by atoms with Crippen molar-refractivity contribution < 1.29 is 0 Å². The van der Waals surface area contributed by atoms with Crippen molar-refractivity contribution in [1.82, 2.24) is 4.31 Å². The zero-order valence-electron chi connectivity index (χ0n) is 4.22. The van der Waals surface area contributed by atoms with Gasteiger partial charge in [-0.2, -0.15) is 0 Å². The largest absolute Gasteiger partial charge is 0.236 e. The van der Waals surface area contributed by atoms with Crippen LogP contribution in [0.15, 0.2) is 0 Å². The van der Waals surface area contributed by atoms with E-state index in [4.69, 9.17) is 11.6 Å². The number of alkyl halides is 1. The standard InChI is InChI=1S/C4H8ClNS/c1-6-4(5)2-3-7-6/h4H,2-3H2,1H3. The molecule has 42 valence electrons. The number of nitrogens with zero attached hydrogens (tertiary/aromatic N) is 1. The summed E-state index contributed by atoms with van der Waals surface area (Å²) in [6, 6.07) is 0. The van der Waals surface area contributed by atoms with E-state index in [0.717, 1.165) is 6.42 Å². The highest BCUT2D eigenvalue weighted by Gasteiger charge is 2.17. The van der Waals surface area contributed by atoms with Crippen LogP contribution >= 0.6 is 23.5 Å².